The van der Waals surface area contributed by atoms with Crippen LogP contribution in [0.4, 0.5) is 0 Å². The highest BCUT2D eigenvalue weighted by Gasteiger charge is 2.35. The third-order valence-electron chi connectivity index (χ3n) is 11.0. The van der Waals surface area contributed by atoms with Gasteiger partial charge in [-0.05, 0) is 97.8 Å². The summed E-state index contributed by atoms with van der Waals surface area (Å²) in [7, 11) is 0. The maximum absolute atomic E-state index is 12.3. The molecule has 0 radical (unpaired) electrons. The lowest BCUT2D eigenvalue weighted by Gasteiger charge is -2.38. The molecule has 1 aliphatic heterocycles. The number of phenolic OH excluding ortho intramolecular Hbond substituents is 1. The van der Waals surface area contributed by atoms with Crippen LogP contribution in [0.15, 0.2) is 71.8 Å². The summed E-state index contributed by atoms with van der Waals surface area (Å²) < 4.78 is 0. The van der Waals surface area contributed by atoms with Gasteiger partial charge in [-0.2, -0.15) is 0 Å². The summed E-state index contributed by atoms with van der Waals surface area (Å²) in [6.45, 7) is 7.92. The monoisotopic (exact) mass is 760 g/mol. The van der Waals surface area contributed by atoms with Crippen LogP contribution in [0.25, 0.3) is 0 Å². The summed E-state index contributed by atoms with van der Waals surface area (Å²) in [5.41, 5.74) is 3.51. The Bertz CT molecular complexity index is 1550. The second-order valence-corrected chi connectivity index (χ2v) is 16.3. The lowest BCUT2D eigenvalue weighted by atomic mass is 9.82. The molecular weight excluding hydrogens is 691 g/mol. The van der Waals surface area contributed by atoms with E-state index in [1.165, 1.54) is 0 Å². The molecule has 1 heterocycles. The van der Waals surface area contributed by atoms with Crippen molar-refractivity contribution in [2.24, 2.45) is 11.8 Å². The Kier molecular flexibility index (Phi) is 20.2. The van der Waals surface area contributed by atoms with Crippen molar-refractivity contribution in [3.05, 3.63) is 88.5 Å². The van der Waals surface area contributed by atoms with Crippen molar-refractivity contribution >= 4 is 5.97 Å². The first-order valence-electron chi connectivity index (χ1n) is 20.7. The molecule has 2 aromatic rings. The lowest BCUT2D eigenvalue weighted by Crippen LogP contribution is -2.54. The summed E-state index contributed by atoms with van der Waals surface area (Å²) in [5.74, 6) is 6.92. The highest BCUT2D eigenvalue weighted by Crippen LogP contribution is 2.31. The predicted octanol–water partition coefficient (Wildman–Crippen LogP) is 8.03. The first kappa shape index (κ1) is 45.9. The number of hydrogen-bond donors (Lipinski definition) is 7. The van der Waals surface area contributed by atoms with Gasteiger partial charge in [-0.15, -0.1) is 0 Å². The number of unbranched alkanes of at least 4 members (excludes halogenated alkanes) is 2. The number of aliphatic hydroxyl groups excluding tert-OH is 3. The number of nitrogens with one attached hydrogen (secondary N) is 1. The summed E-state index contributed by atoms with van der Waals surface area (Å²) in [6.07, 6.45) is 13.1. The van der Waals surface area contributed by atoms with Crippen LogP contribution in [-0.4, -0.2) is 73.1 Å². The number of aryl methyl sites for hydroxylation is 1. The van der Waals surface area contributed by atoms with Gasteiger partial charge in [-0.3, -0.25) is 4.79 Å². The van der Waals surface area contributed by atoms with Crippen LogP contribution in [0, 0.1) is 23.7 Å². The summed E-state index contributed by atoms with van der Waals surface area (Å²) in [4.78, 5) is 11.6. The molecule has 7 N–H and O–H groups in total. The van der Waals surface area contributed by atoms with Gasteiger partial charge >= 0.3 is 5.97 Å². The third kappa shape index (κ3) is 17.1. The first-order chi connectivity index (χ1) is 26.3. The molecule has 0 aromatic heterocycles. The molecule has 0 amide bonds. The molecule has 0 aliphatic carbocycles. The highest BCUT2D eigenvalue weighted by atomic mass is 16.4. The van der Waals surface area contributed by atoms with E-state index in [1.54, 1.807) is 12.1 Å². The van der Waals surface area contributed by atoms with Crippen molar-refractivity contribution in [1.82, 2.24) is 5.32 Å². The van der Waals surface area contributed by atoms with Gasteiger partial charge in [0, 0.05) is 36.9 Å². The van der Waals surface area contributed by atoms with E-state index in [2.05, 4.69) is 44.0 Å². The lowest BCUT2D eigenvalue weighted by molar-refractivity contribution is -0.137. The number of phenols is 1. The zero-order chi connectivity index (χ0) is 40.2. The van der Waals surface area contributed by atoms with Crippen LogP contribution in [0.5, 0.6) is 5.75 Å². The second-order valence-electron chi connectivity index (χ2n) is 16.3. The van der Waals surface area contributed by atoms with Gasteiger partial charge in [0.2, 0.25) is 0 Å². The van der Waals surface area contributed by atoms with E-state index in [1.807, 2.05) is 49.4 Å². The zero-order valence-corrected chi connectivity index (χ0v) is 33.8. The molecule has 0 fully saturated rings. The molecule has 55 heavy (non-hydrogen) atoms. The predicted molar refractivity (Wildman–Crippen MR) is 222 cm³/mol. The third-order valence-corrected chi connectivity index (χ3v) is 11.0. The molecule has 2 aromatic carbocycles. The molecule has 0 spiro atoms. The van der Waals surface area contributed by atoms with Gasteiger partial charge in [0.05, 0.1) is 24.4 Å². The van der Waals surface area contributed by atoms with E-state index in [-0.39, 0.29) is 30.6 Å². The largest absolute Gasteiger partial charge is 0.508 e. The van der Waals surface area contributed by atoms with Gasteiger partial charge in [-0.1, -0.05) is 120 Å². The first-order valence-corrected chi connectivity index (χ1v) is 20.7. The van der Waals surface area contributed by atoms with Crippen molar-refractivity contribution in [2.45, 2.75) is 160 Å². The van der Waals surface area contributed by atoms with Gasteiger partial charge in [0.15, 0.2) is 0 Å². The Labute approximate surface area is 330 Å². The van der Waals surface area contributed by atoms with Crippen LogP contribution in [0.3, 0.4) is 0 Å². The van der Waals surface area contributed by atoms with Crippen molar-refractivity contribution in [3.63, 3.8) is 0 Å². The number of carboxylic acid groups (broad SMARTS) is 1. The summed E-state index contributed by atoms with van der Waals surface area (Å²) in [5, 5.41) is 67.8. The minimum atomic E-state index is -1.28. The van der Waals surface area contributed by atoms with Crippen LogP contribution in [-0.2, 0) is 17.6 Å². The number of aromatic hydroxyl groups is 1. The molecule has 8 heteroatoms. The van der Waals surface area contributed by atoms with E-state index in [0.29, 0.717) is 50.9 Å². The molecule has 6 atom stereocenters. The van der Waals surface area contributed by atoms with E-state index >= 15 is 0 Å². The molecule has 3 rings (SSSR count). The standard InChI is InChI=1S/C47H69NO7/c1-5-6-7-16-40(50)29-26-39-25-24-38-14-9-8-13-37(38)15-11-18-45(47(4,55)32-36-21-27-41(51)28-22-36)48-44(43(39)31-42(52)33-49)17-10-12-35(20-19-34(2)3)23-30-46(53)54/h8-9,13-14,21-22,26-29,34-35,40,42,44-45,48-52,55H,5-7,10,12,16-20,23-25,30-33H2,1-4H3,(H,53,54)/b29-26+,43-39+/t35-,40+,42+,44-,45-,47+/m1/s1. The molecular formula is C47H69NO7. The van der Waals surface area contributed by atoms with Gasteiger partial charge in [-0.25, -0.2) is 0 Å². The van der Waals surface area contributed by atoms with Crippen LogP contribution < -0.4 is 5.32 Å². The number of carboxylic acids is 1. The number of hydrogen-bond acceptors (Lipinski definition) is 7. The number of allylic oxidation sites excluding steroid dienone is 2. The Morgan fingerprint density at radius 1 is 0.982 bits per heavy atom. The van der Waals surface area contributed by atoms with Crippen molar-refractivity contribution in [2.75, 3.05) is 6.61 Å². The smallest absolute Gasteiger partial charge is 0.303 e. The number of carbonyl (C=O) groups is 1. The van der Waals surface area contributed by atoms with Gasteiger partial charge in [0.1, 0.15) is 5.75 Å². The molecule has 1 aliphatic rings. The second kappa shape index (κ2) is 24.2. The summed E-state index contributed by atoms with van der Waals surface area (Å²) >= 11 is 0. The van der Waals surface area contributed by atoms with E-state index in [0.717, 1.165) is 72.8 Å². The fourth-order valence-electron chi connectivity index (χ4n) is 7.62. The van der Waals surface area contributed by atoms with Crippen LogP contribution in [0.1, 0.15) is 134 Å². The maximum atomic E-state index is 12.3. The average molecular weight is 760 g/mol. The zero-order valence-electron chi connectivity index (χ0n) is 33.8. The SMILES string of the molecule is CCCCC[C@H](O)/C=C/C1=C(\C[C@H](O)CO)[C@@H](CCC[C@@H](CCC(=O)O)CCC(C)C)N[C@@H]([C@@](C)(O)Cc2ccc(O)cc2)CC#Cc2ccccc2CC1. The Hall–Kier alpha value is -3.45. The Balaban J connectivity index is 2.16. The van der Waals surface area contributed by atoms with Gasteiger partial charge < -0.3 is 36.0 Å². The number of aliphatic hydroxyl groups is 4. The van der Waals surface area contributed by atoms with Crippen molar-refractivity contribution < 1.29 is 35.4 Å². The molecule has 0 saturated heterocycles. The van der Waals surface area contributed by atoms with Crippen LogP contribution >= 0.6 is 0 Å². The molecule has 304 valence electrons. The van der Waals surface area contributed by atoms with E-state index < -0.39 is 36.4 Å². The topological polar surface area (TPSA) is 150 Å². The molecule has 0 unspecified atom stereocenters. The Morgan fingerprint density at radius 2 is 1.73 bits per heavy atom. The number of fused-ring (bicyclic) bond motifs is 1. The van der Waals surface area contributed by atoms with Crippen molar-refractivity contribution in [1.29, 1.82) is 0 Å². The Morgan fingerprint density at radius 3 is 2.42 bits per heavy atom. The molecule has 0 bridgehead atoms. The number of rotatable bonds is 22. The fraction of sp³-hybridized carbons (Fsp3) is 0.596. The number of aliphatic carboxylic acids is 1. The quantitative estimate of drug-likeness (QED) is 0.0471. The van der Waals surface area contributed by atoms with Gasteiger partial charge in [0.25, 0.3) is 0 Å². The molecule has 0 saturated carbocycles. The molecule has 8 nitrogen and oxygen atoms in total. The minimum absolute atomic E-state index is 0.135. The number of benzene rings is 2. The van der Waals surface area contributed by atoms with Crippen molar-refractivity contribution in [3.8, 4) is 17.6 Å². The van der Waals surface area contributed by atoms with E-state index in [4.69, 9.17) is 0 Å². The highest BCUT2D eigenvalue weighted by molar-refractivity contribution is 5.66. The summed E-state index contributed by atoms with van der Waals surface area (Å²) in [6, 6.07) is 14.1. The maximum Gasteiger partial charge on any atom is 0.303 e. The van der Waals surface area contributed by atoms with Crippen LogP contribution in [0.2, 0.25) is 0 Å². The average Bonchev–Trinajstić information content (AvgIpc) is 3.14. The fourth-order valence-corrected chi connectivity index (χ4v) is 7.62. The van der Waals surface area contributed by atoms with E-state index in [9.17, 15) is 35.4 Å². The normalized spacial score (nSPS) is 20.7. The minimum Gasteiger partial charge on any atom is -0.508 e.